The Labute approximate surface area is 129 Å². The van der Waals surface area contributed by atoms with Gasteiger partial charge in [0.15, 0.2) is 11.5 Å². The zero-order chi connectivity index (χ0) is 14.4. The third-order valence-electron chi connectivity index (χ3n) is 4.01. The normalized spacial score (nSPS) is 13.8. The van der Waals surface area contributed by atoms with E-state index < -0.39 is 0 Å². The lowest BCUT2D eigenvalue weighted by molar-refractivity contribution is 0.148. The van der Waals surface area contributed by atoms with Gasteiger partial charge in [-0.05, 0) is 50.8 Å². The molecule has 0 heterocycles. The van der Waals surface area contributed by atoms with E-state index in [0.717, 1.165) is 31.4 Å². The maximum Gasteiger partial charge on any atom is 0.157 e. The average molecular weight is 302 g/mol. The minimum Gasteiger partial charge on any atom is -0.504 e. The third kappa shape index (κ3) is 5.22. The first-order chi connectivity index (χ1) is 8.99. The van der Waals surface area contributed by atoms with Crippen LogP contribution in [0.15, 0.2) is 18.2 Å². The molecule has 3 nitrogen and oxygen atoms in total. The van der Waals surface area contributed by atoms with Gasteiger partial charge in [0.05, 0.1) is 0 Å². The molecule has 4 heteroatoms. The van der Waals surface area contributed by atoms with E-state index in [1.165, 1.54) is 0 Å². The number of nitrogens with zero attached hydrogens (tertiary/aromatic N) is 1. The summed E-state index contributed by atoms with van der Waals surface area (Å²) in [4.78, 5) is 2.52. The Morgan fingerprint density at radius 1 is 1.00 bits per heavy atom. The van der Waals surface area contributed by atoms with Gasteiger partial charge in [-0.15, -0.1) is 12.4 Å². The van der Waals surface area contributed by atoms with Crippen LogP contribution in [0.3, 0.4) is 0 Å². The first-order valence-corrected chi connectivity index (χ1v) is 7.26. The highest BCUT2D eigenvalue weighted by Crippen LogP contribution is 2.25. The molecule has 0 aromatic heterocycles. The zero-order valence-corrected chi connectivity index (χ0v) is 13.8. The van der Waals surface area contributed by atoms with E-state index in [9.17, 15) is 10.2 Å². The van der Waals surface area contributed by atoms with Crippen LogP contribution < -0.4 is 0 Å². The molecule has 1 rings (SSSR count). The first kappa shape index (κ1) is 19.1. The number of aromatic hydroxyl groups is 2. The molecular weight excluding hydrogens is 274 g/mol. The highest BCUT2D eigenvalue weighted by molar-refractivity contribution is 5.85. The fourth-order valence-corrected chi connectivity index (χ4v) is 2.33. The van der Waals surface area contributed by atoms with Crippen molar-refractivity contribution in [2.75, 3.05) is 6.54 Å². The molecule has 1 aromatic carbocycles. The van der Waals surface area contributed by atoms with Crippen LogP contribution in [-0.2, 0) is 6.42 Å². The maximum absolute atomic E-state index is 9.51. The van der Waals surface area contributed by atoms with E-state index >= 15 is 0 Å². The zero-order valence-electron chi connectivity index (χ0n) is 13.0. The molecule has 2 atom stereocenters. The molecule has 2 unspecified atom stereocenters. The molecule has 0 spiro atoms. The lowest BCUT2D eigenvalue weighted by atomic mass is 10.1. The summed E-state index contributed by atoms with van der Waals surface area (Å²) in [6.07, 6.45) is 3.18. The summed E-state index contributed by atoms with van der Waals surface area (Å²) in [5, 5.41) is 18.8. The van der Waals surface area contributed by atoms with Gasteiger partial charge in [0, 0.05) is 18.6 Å². The standard InChI is InChI=1S/C16H27NO2.ClH/c1-5-12(3)17(13(4)6-2)10-9-14-7-8-15(18)16(19)11-14;/h7-8,11-13,18-19H,5-6,9-10H2,1-4H3;1H. The summed E-state index contributed by atoms with van der Waals surface area (Å²) in [5.41, 5.74) is 1.06. The molecule has 20 heavy (non-hydrogen) atoms. The van der Waals surface area contributed by atoms with Crippen LogP contribution in [0.1, 0.15) is 46.1 Å². The average Bonchev–Trinajstić information content (AvgIpc) is 2.42. The Morgan fingerprint density at radius 2 is 1.55 bits per heavy atom. The summed E-state index contributed by atoms with van der Waals surface area (Å²) in [5.74, 6) is -0.0828. The SMILES string of the molecule is CCC(C)N(CCc1ccc(O)c(O)c1)C(C)CC.Cl. The molecule has 2 N–H and O–H groups in total. The fourth-order valence-electron chi connectivity index (χ4n) is 2.33. The summed E-state index contributed by atoms with van der Waals surface area (Å²) in [6, 6.07) is 6.23. The molecular formula is C16H28ClNO2. The van der Waals surface area contributed by atoms with Crippen LogP contribution >= 0.6 is 12.4 Å². The molecule has 0 saturated carbocycles. The first-order valence-electron chi connectivity index (χ1n) is 7.26. The van der Waals surface area contributed by atoms with Gasteiger partial charge in [-0.3, -0.25) is 4.90 Å². The number of benzene rings is 1. The summed E-state index contributed by atoms with van der Waals surface area (Å²) < 4.78 is 0. The number of phenolic OH excluding ortho intramolecular Hbond substituents is 2. The minimum absolute atomic E-state index is 0. The smallest absolute Gasteiger partial charge is 0.157 e. The van der Waals surface area contributed by atoms with E-state index in [1.807, 2.05) is 6.07 Å². The van der Waals surface area contributed by atoms with Crippen molar-refractivity contribution in [3.63, 3.8) is 0 Å². The van der Waals surface area contributed by atoms with Crippen molar-refractivity contribution in [2.24, 2.45) is 0 Å². The predicted molar refractivity (Wildman–Crippen MR) is 86.9 cm³/mol. The van der Waals surface area contributed by atoms with Gasteiger partial charge in [-0.2, -0.15) is 0 Å². The molecule has 0 radical (unpaired) electrons. The summed E-state index contributed by atoms with van der Waals surface area (Å²) in [6.45, 7) is 9.94. The van der Waals surface area contributed by atoms with E-state index in [2.05, 4.69) is 32.6 Å². The molecule has 116 valence electrons. The van der Waals surface area contributed by atoms with Crippen molar-refractivity contribution in [2.45, 2.75) is 59.0 Å². The van der Waals surface area contributed by atoms with Crippen molar-refractivity contribution in [1.29, 1.82) is 0 Å². The summed E-state index contributed by atoms with van der Waals surface area (Å²) in [7, 11) is 0. The van der Waals surface area contributed by atoms with Crippen molar-refractivity contribution in [3.8, 4) is 11.5 Å². The number of halogens is 1. The minimum atomic E-state index is -0.0514. The van der Waals surface area contributed by atoms with Crippen LogP contribution in [0.25, 0.3) is 0 Å². The number of hydrogen-bond donors (Lipinski definition) is 2. The Kier molecular flexibility index (Phi) is 8.67. The molecule has 1 aromatic rings. The van der Waals surface area contributed by atoms with Crippen molar-refractivity contribution >= 4 is 12.4 Å². The Balaban J connectivity index is 0.00000361. The van der Waals surface area contributed by atoms with Crippen molar-refractivity contribution < 1.29 is 10.2 Å². The number of phenols is 2. The Hall–Kier alpha value is -0.930. The predicted octanol–water partition coefficient (Wildman–Crippen LogP) is 3.96. The number of rotatable bonds is 7. The second kappa shape index (κ2) is 9.09. The van der Waals surface area contributed by atoms with Crippen LogP contribution in [0, 0.1) is 0 Å². The lowest BCUT2D eigenvalue weighted by Crippen LogP contribution is -2.41. The van der Waals surface area contributed by atoms with E-state index in [4.69, 9.17) is 0 Å². The molecule has 0 saturated heterocycles. The topological polar surface area (TPSA) is 43.7 Å². The van der Waals surface area contributed by atoms with E-state index in [-0.39, 0.29) is 23.9 Å². The molecule has 0 fully saturated rings. The summed E-state index contributed by atoms with van der Waals surface area (Å²) >= 11 is 0. The van der Waals surface area contributed by atoms with Gasteiger partial charge >= 0.3 is 0 Å². The Bertz CT molecular complexity index is 388. The van der Waals surface area contributed by atoms with Crippen LogP contribution in [-0.4, -0.2) is 33.7 Å². The van der Waals surface area contributed by atoms with Gasteiger partial charge in [-0.25, -0.2) is 0 Å². The highest BCUT2D eigenvalue weighted by atomic mass is 35.5. The van der Waals surface area contributed by atoms with E-state index in [1.54, 1.807) is 12.1 Å². The molecule has 0 aliphatic heterocycles. The van der Waals surface area contributed by atoms with Crippen LogP contribution in [0.5, 0.6) is 11.5 Å². The largest absolute Gasteiger partial charge is 0.504 e. The second-order valence-corrected chi connectivity index (χ2v) is 5.33. The van der Waals surface area contributed by atoms with Crippen molar-refractivity contribution in [3.05, 3.63) is 23.8 Å². The van der Waals surface area contributed by atoms with Gasteiger partial charge in [0.25, 0.3) is 0 Å². The van der Waals surface area contributed by atoms with E-state index in [0.29, 0.717) is 12.1 Å². The second-order valence-electron chi connectivity index (χ2n) is 5.33. The monoisotopic (exact) mass is 301 g/mol. The maximum atomic E-state index is 9.51. The van der Waals surface area contributed by atoms with Crippen LogP contribution in [0.4, 0.5) is 0 Å². The number of hydrogen-bond acceptors (Lipinski definition) is 3. The van der Waals surface area contributed by atoms with Crippen LogP contribution in [0.2, 0.25) is 0 Å². The molecule has 0 amide bonds. The quantitative estimate of drug-likeness (QED) is 0.749. The van der Waals surface area contributed by atoms with Crippen molar-refractivity contribution in [1.82, 2.24) is 4.90 Å². The fraction of sp³-hybridized carbons (Fsp3) is 0.625. The molecule has 0 aliphatic rings. The highest BCUT2D eigenvalue weighted by Gasteiger charge is 2.17. The molecule has 0 aliphatic carbocycles. The third-order valence-corrected chi connectivity index (χ3v) is 4.01. The van der Waals surface area contributed by atoms with Gasteiger partial charge in [-0.1, -0.05) is 19.9 Å². The van der Waals surface area contributed by atoms with Gasteiger partial charge < -0.3 is 10.2 Å². The Morgan fingerprint density at radius 3 is 2.00 bits per heavy atom. The molecule has 0 bridgehead atoms. The van der Waals surface area contributed by atoms with Gasteiger partial charge in [0.2, 0.25) is 0 Å². The lowest BCUT2D eigenvalue weighted by Gasteiger charge is -2.33. The van der Waals surface area contributed by atoms with Gasteiger partial charge in [0.1, 0.15) is 0 Å².